The van der Waals surface area contributed by atoms with Gasteiger partial charge in [-0.2, -0.15) is 0 Å². The molecule has 0 bridgehead atoms. The standard InChI is InChI=1S/C17H17N5OS/c1-18-15(23)14-13(12-4-2-6-19-16(12)24-14)11-5-9-22(10-11)17-20-7-3-8-21-17/h2-4,6-8,11H,5,9-10H2,1H3,(H,18,23)/t11-/m1/s1. The fraction of sp³-hybridized carbons (Fsp3) is 0.294. The van der Waals surface area contributed by atoms with Gasteiger partial charge in [-0.25, -0.2) is 15.0 Å². The maximum absolute atomic E-state index is 12.3. The van der Waals surface area contributed by atoms with Crippen LogP contribution < -0.4 is 10.2 Å². The highest BCUT2D eigenvalue weighted by atomic mass is 32.1. The van der Waals surface area contributed by atoms with Crippen molar-refractivity contribution in [2.45, 2.75) is 12.3 Å². The molecule has 1 saturated heterocycles. The lowest BCUT2D eigenvalue weighted by Crippen LogP contribution is -2.22. The molecule has 1 fully saturated rings. The first-order chi connectivity index (χ1) is 11.8. The lowest BCUT2D eigenvalue weighted by molar-refractivity contribution is 0.0966. The summed E-state index contributed by atoms with van der Waals surface area (Å²) in [7, 11) is 1.67. The van der Waals surface area contributed by atoms with Crippen LogP contribution in [-0.4, -0.2) is 41.0 Å². The topological polar surface area (TPSA) is 71.0 Å². The summed E-state index contributed by atoms with van der Waals surface area (Å²) in [5, 5.41) is 3.84. The number of nitrogens with zero attached hydrogens (tertiary/aromatic N) is 4. The molecule has 1 atom stereocenters. The Morgan fingerprint density at radius 2 is 2.04 bits per heavy atom. The number of fused-ring (bicyclic) bond motifs is 1. The molecule has 0 aromatic carbocycles. The van der Waals surface area contributed by atoms with Gasteiger partial charge in [-0.05, 0) is 24.1 Å². The van der Waals surface area contributed by atoms with Gasteiger partial charge in [-0.1, -0.05) is 6.07 Å². The van der Waals surface area contributed by atoms with Gasteiger partial charge in [-0.3, -0.25) is 4.79 Å². The van der Waals surface area contributed by atoms with Gasteiger partial charge in [0.1, 0.15) is 4.83 Å². The molecule has 1 N–H and O–H groups in total. The highest BCUT2D eigenvalue weighted by molar-refractivity contribution is 7.20. The van der Waals surface area contributed by atoms with E-state index in [4.69, 9.17) is 0 Å². The van der Waals surface area contributed by atoms with E-state index in [0.717, 1.165) is 46.1 Å². The van der Waals surface area contributed by atoms with Gasteiger partial charge in [-0.15, -0.1) is 11.3 Å². The van der Waals surface area contributed by atoms with Crippen LogP contribution >= 0.6 is 11.3 Å². The van der Waals surface area contributed by atoms with E-state index in [2.05, 4.69) is 31.2 Å². The molecule has 0 spiro atoms. The van der Waals surface area contributed by atoms with Gasteiger partial charge in [0.15, 0.2) is 0 Å². The van der Waals surface area contributed by atoms with E-state index >= 15 is 0 Å². The van der Waals surface area contributed by atoms with Crippen LogP contribution in [0, 0.1) is 0 Å². The van der Waals surface area contributed by atoms with Crippen LogP contribution in [0.3, 0.4) is 0 Å². The van der Waals surface area contributed by atoms with Crippen molar-refractivity contribution in [3.8, 4) is 0 Å². The van der Waals surface area contributed by atoms with Crippen LogP contribution in [0.2, 0.25) is 0 Å². The Bertz CT molecular complexity index is 879. The second kappa shape index (κ2) is 6.16. The van der Waals surface area contributed by atoms with Gasteiger partial charge in [0.2, 0.25) is 5.95 Å². The highest BCUT2D eigenvalue weighted by Crippen LogP contribution is 2.39. The first-order valence-corrected chi connectivity index (χ1v) is 8.71. The van der Waals surface area contributed by atoms with Gasteiger partial charge in [0, 0.05) is 50.0 Å². The lowest BCUT2D eigenvalue weighted by Gasteiger charge is -2.16. The molecule has 1 amide bonds. The Hall–Kier alpha value is -2.54. The third kappa shape index (κ3) is 2.50. The SMILES string of the molecule is CNC(=O)c1sc2ncccc2c1[C@@H]1CCN(c2ncccn2)C1. The van der Waals surface area contributed by atoms with E-state index in [0.29, 0.717) is 0 Å². The molecule has 24 heavy (non-hydrogen) atoms. The average Bonchev–Trinajstić information content (AvgIpc) is 3.26. The van der Waals surface area contributed by atoms with Crippen molar-refractivity contribution < 1.29 is 4.79 Å². The van der Waals surface area contributed by atoms with E-state index < -0.39 is 0 Å². The molecule has 3 aromatic rings. The second-order valence-corrected chi connectivity index (χ2v) is 6.76. The number of thiophene rings is 1. The molecule has 4 heterocycles. The number of aromatic nitrogens is 3. The van der Waals surface area contributed by atoms with Gasteiger partial charge in [0.25, 0.3) is 5.91 Å². The predicted octanol–water partition coefficient (Wildman–Crippen LogP) is 2.44. The van der Waals surface area contributed by atoms with Crippen molar-refractivity contribution in [3.63, 3.8) is 0 Å². The maximum atomic E-state index is 12.3. The Labute approximate surface area is 143 Å². The summed E-state index contributed by atoms with van der Waals surface area (Å²) in [4.78, 5) is 29.3. The largest absolute Gasteiger partial charge is 0.354 e. The predicted molar refractivity (Wildman–Crippen MR) is 94.6 cm³/mol. The summed E-state index contributed by atoms with van der Waals surface area (Å²) in [5.41, 5.74) is 1.11. The Morgan fingerprint density at radius 3 is 2.83 bits per heavy atom. The fourth-order valence-electron chi connectivity index (χ4n) is 3.27. The van der Waals surface area contributed by atoms with Crippen LogP contribution in [-0.2, 0) is 0 Å². The average molecular weight is 339 g/mol. The molecule has 1 aliphatic rings. The van der Waals surface area contributed by atoms with E-state index in [-0.39, 0.29) is 11.8 Å². The molecular formula is C17H17N5OS. The maximum Gasteiger partial charge on any atom is 0.261 e. The number of nitrogens with one attached hydrogen (secondary N) is 1. The molecule has 122 valence electrons. The van der Waals surface area contributed by atoms with Crippen molar-refractivity contribution >= 4 is 33.4 Å². The number of anilines is 1. The summed E-state index contributed by atoms with van der Waals surface area (Å²) in [6.45, 7) is 1.70. The zero-order valence-corrected chi connectivity index (χ0v) is 14.1. The molecule has 3 aromatic heterocycles. The van der Waals surface area contributed by atoms with E-state index in [1.54, 1.807) is 25.6 Å². The number of carbonyl (C=O) groups excluding carboxylic acids is 1. The fourth-order valence-corrected chi connectivity index (χ4v) is 4.45. The molecule has 0 unspecified atom stereocenters. The molecule has 4 rings (SSSR count). The number of hydrogen-bond acceptors (Lipinski definition) is 6. The minimum Gasteiger partial charge on any atom is -0.354 e. The van der Waals surface area contributed by atoms with Crippen molar-refractivity contribution in [2.24, 2.45) is 0 Å². The van der Waals surface area contributed by atoms with Gasteiger partial charge < -0.3 is 10.2 Å². The van der Waals surface area contributed by atoms with E-state index in [1.165, 1.54) is 11.3 Å². The van der Waals surface area contributed by atoms with Crippen LogP contribution in [0.15, 0.2) is 36.8 Å². The molecule has 7 heteroatoms. The molecular weight excluding hydrogens is 322 g/mol. The van der Waals surface area contributed by atoms with E-state index in [1.807, 2.05) is 12.1 Å². The number of pyridine rings is 1. The summed E-state index contributed by atoms with van der Waals surface area (Å²) < 4.78 is 0. The molecule has 0 saturated carbocycles. The van der Waals surface area contributed by atoms with Gasteiger partial charge >= 0.3 is 0 Å². The summed E-state index contributed by atoms with van der Waals surface area (Å²) >= 11 is 1.47. The van der Waals surface area contributed by atoms with Crippen LogP contribution in [0.1, 0.15) is 27.6 Å². The highest BCUT2D eigenvalue weighted by Gasteiger charge is 2.31. The van der Waals surface area contributed by atoms with Crippen molar-refractivity contribution in [1.29, 1.82) is 0 Å². The van der Waals surface area contributed by atoms with Crippen LogP contribution in [0.25, 0.3) is 10.2 Å². The summed E-state index contributed by atoms with van der Waals surface area (Å²) in [6.07, 6.45) is 6.27. The number of hydrogen-bond donors (Lipinski definition) is 1. The summed E-state index contributed by atoms with van der Waals surface area (Å²) in [5.74, 6) is 0.987. The van der Waals surface area contributed by atoms with Crippen LogP contribution in [0.5, 0.6) is 0 Å². The smallest absolute Gasteiger partial charge is 0.261 e. The van der Waals surface area contributed by atoms with Crippen molar-refractivity contribution in [2.75, 3.05) is 25.0 Å². The number of rotatable bonds is 3. The normalized spacial score (nSPS) is 17.4. The van der Waals surface area contributed by atoms with Crippen molar-refractivity contribution in [1.82, 2.24) is 20.3 Å². The van der Waals surface area contributed by atoms with Gasteiger partial charge in [0.05, 0.1) is 4.88 Å². The first-order valence-electron chi connectivity index (χ1n) is 7.89. The first kappa shape index (κ1) is 15.0. The Kier molecular flexibility index (Phi) is 3.86. The third-order valence-corrected chi connectivity index (χ3v) is 5.50. The quantitative estimate of drug-likeness (QED) is 0.793. The minimum absolute atomic E-state index is 0.0394. The third-order valence-electron chi connectivity index (χ3n) is 4.37. The zero-order valence-electron chi connectivity index (χ0n) is 13.3. The van der Waals surface area contributed by atoms with E-state index in [9.17, 15) is 4.79 Å². The van der Waals surface area contributed by atoms with Crippen molar-refractivity contribution in [3.05, 3.63) is 47.2 Å². The number of amides is 1. The molecule has 1 aliphatic heterocycles. The summed E-state index contributed by atoms with van der Waals surface area (Å²) in [6, 6.07) is 5.81. The monoisotopic (exact) mass is 339 g/mol. The molecule has 0 radical (unpaired) electrons. The Balaban J connectivity index is 1.73. The second-order valence-electron chi connectivity index (χ2n) is 5.76. The van der Waals surface area contributed by atoms with Crippen LogP contribution in [0.4, 0.5) is 5.95 Å². The number of carbonyl (C=O) groups is 1. The lowest BCUT2D eigenvalue weighted by atomic mass is 9.95. The zero-order chi connectivity index (χ0) is 16.5. The molecule has 0 aliphatic carbocycles. The Morgan fingerprint density at radius 1 is 1.25 bits per heavy atom. The minimum atomic E-state index is -0.0394. The molecule has 6 nitrogen and oxygen atoms in total.